The van der Waals surface area contributed by atoms with E-state index in [1.807, 2.05) is 25.2 Å². The van der Waals surface area contributed by atoms with E-state index in [9.17, 15) is 4.79 Å². The van der Waals surface area contributed by atoms with Crippen LogP contribution in [-0.4, -0.2) is 37.9 Å². The van der Waals surface area contributed by atoms with Gasteiger partial charge in [0.1, 0.15) is 12.0 Å². The fraction of sp³-hybridized carbons (Fsp3) is 0.500. The molecule has 0 amide bonds. The summed E-state index contributed by atoms with van der Waals surface area (Å²) >= 11 is 0. The summed E-state index contributed by atoms with van der Waals surface area (Å²) in [7, 11) is 3.62. The Morgan fingerprint density at radius 1 is 1.50 bits per heavy atom. The van der Waals surface area contributed by atoms with Crippen LogP contribution < -0.4 is 10.5 Å². The van der Waals surface area contributed by atoms with Crippen molar-refractivity contribution in [2.45, 2.75) is 24.8 Å². The first kappa shape index (κ1) is 12.9. The molecule has 0 saturated carbocycles. The molecule has 2 N–H and O–H groups in total. The Labute approximate surface area is 108 Å². The van der Waals surface area contributed by atoms with E-state index in [2.05, 4.69) is 4.90 Å². The van der Waals surface area contributed by atoms with Crippen LogP contribution >= 0.6 is 0 Å². The Bertz CT molecular complexity index is 434. The first-order chi connectivity index (χ1) is 8.65. The zero-order valence-electron chi connectivity index (χ0n) is 10.9. The van der Waals surface area contributed by atoms with Crippen molar-refractivity contribution in [1.29, 1.82) is 0 Å². The Morgan fingerprint density at radius 3 is 2.94 bits per heavy atom. The molecule has 0 radical (unpaired) electrons. The quantitative estimate of drug-likeness (QED) is 0.653. The highest BCUT2D eigenvalue weighted by molar-refractivity contribution is 5.59. The third-order valence-corrected chi connectivity index (χ3v) is 3.81. The number of aldehydes is 1. The molecule has 1 heterocycles. The first-order valence-electron chi connectivity index (χ1n) is 6.24. The highest BCUT2D eigenvalue weighted by Crippen LogP contribution is 2.33. The Morgan fingerprint density at radius 2 is 2.28 bits per heavy atom. The lowest BCUT2D eigenvalue weighted by Gasteiger charge is -2.34. The average molecular weight is 248 g/mol. The zero-order valence-corrected chi connectivity index (χ0v) is 10.9. The number of likely N-dealkylation sites (tertiary alicyclic amines) is 1. The SMILES string of the molecule is COc1cc(C2CCN(C)C(C=O)C2)ccc1N. The second kappa shape index (κ2) is 5.40. The van der Waals surface area contributed by atoms with Crippen LogP contribution in [0.5, 0.6) is 5.75 Å². The van der Waals surface area contributed by atoms with Gasteiger partial charge in [-0.2, -0.15) is 0 Å². The van der Waals surface area contributed by atoms with Crippen molar-refractivity contribution in [3.05, 3.63) is 23.8 Å². The molecular formula is C14H20N2O2. The molecular weight excluding hydrogens is 228 g/mol. The number of hydrogen-bond donors (Lipinski definition) is 1. The zero-order chi connectivity index (χ0) is 13.1. The van der Waals surface area contributed by atoms with E-state index in [-0.39, 0.29) is 6.04 Å². The van der Waals surface area contributed by atoms with Gasteiger partial charge in [-0.25, -0.2) is 0 Å². The number of nitrogens with zero attached hydrogens (tertiary/aromatic N) is 1. The lowest BCUT2D eigenvalue weighted by molar-refractivity contribution is -0.113. The van der Waals surface area contributed by atoms with Crippen molar-refractivity contribution >= 4 is 12.0 Å². The minimum absolute atomic E-state index is 0.0206. The van der Waals surface area contributed by atoms with Crippen LogP contribution in [-0.2, 0) is 4.79 Å². The van der Waals surface area contributed by atoms with Crippen molar-refractivity contribution in [3.8, 4) is 5.75 Å². The molecule has 0 aromatic heterocycles. The van der Waals surface area contributed by atoms with E-state index in [4.69, 9.17) is 10.5 Å². The molecule has 0 aliphatic carbocycles. The molecule has 1 saturated heterocycles. The summed E-state index contributed by atoms with van der Waals surface area (Å²) in [4.78, 5) is 13.1. The number of rotatable bonds is 3. The van der Waals surface area contributed by atoms with E-state index in [0.29, 0.717) is 17.4 Å². The van der Waals surface area contributed by atoms with Crippen molar-refractivity contribution < 1.29 is 9.53 Å². The van der Waals surface area contributed by atoms with Crippen LogP contribution in [0, 0.1) is 0 Å². The van der Waals surface area contributed by atoms with E-state index >= 15 is 0 Å². The number of carbonyl (C=O) groups is 1. The Balaban J connectivity index is 2.19. The number of nitrogens with two attached hydrogens (primary N) is 1. The molecule has 1 aromatic carbocycles. The van der Waals surface area contributed by atoms with Gasteiger partial charge in [-0.1, -0.05) is 6.07 Å². The first-order valence-corrected chi connectivity index (χ1v) is 6.24. The predicted molar refractivity (Wildman–Crippen MR) is 71.9 cm³/mol. The largest absolute Gasteiger partial charge is 0.495 e. The molecule has 18 heavy (non-hydrogen) atoms. The number of benzene rings is 1. The van der Waals surface area contributed by atoms with E-state index in [0.717, 1.165) is 25.7 Å². The standard InChI is InChI=1S/C14H20N2O2/c1-16-6-5-11(7-12(16)9-17)10-3-4-13(15)14(8-10)18-2/h3-4,8-9,11-12H,5-7,15H2,1-2H3. The number of carbonyl (C=O) groups excluding carboxylic acids is 1. The minimum atomic E-state index is 0.0206. The average Bonchev–Trinajstić information content (AvgIpc) is 2.40. The van der Waals surface area contributed by atoms with Crippen molar-refractivity contribution in [2.75, 3.05) is 26.4 Å². The van der Waals surface area contributed by atoms with Gasteiger partial charge in [0.25, 0.3) is 0 Å². The molecule has 0 bridgehead atoms. The second-order valence-electron chi connectivity index (χ2n) is 4.91. The molecule has 2 rings (SSSR count). The van der Waals surface area contributed by atoms with Crippen LogP contribution in [0.15, 0.2) is 18.2 Å². The van der Waals surface area contributed by atoms with Crippen molar-refractivity contribution in [2.24, 2.45) is 0 Å². The number of methoxy groups -OCH3 is 1. The van der Waals surface area contributed by atoms with Gasteiger partial charge in [0.05, 0.1) is 18.8 Å². The second-order valence-corrected chi connectivity index (χ2v) is 4.91. The summed E-state index contributed by atoms with van der Waals surface area (Å²) in [5.74, 6) is 1.12. The molecule has 1 fully saturated rings. The number of piperidine rings is 1. The van der Waals surface area contributed by atoms with E-state index in [1.165, 1.54) is 5.56 Å². The van der Waals surface area contributed by atoms with Gasteiger partial charge in [-0.05, 0) is 50.0 Å². The number of ether oxygens (including phenoxy) is 1. The molecule has 2 atom stereocenters. The summed E-state index contributed by atoms with van der Waals surface area (Å²) < 4.78 is 5.25. The maximum absolute atomic E-state index is 11.0. The molecule has 4 nitrogen and oxygen atoms in total. The predicted octanol–water partition coefficient (Wildman–Crippen LogP) is 1.65. The van der Waals surface area contributed by atoms with Gasteiger partial charge in [0, 0.05) is 0 Å². The van der Waals surface area contributed by atoms with Crippen LogP contribution in [0.4, 0.5) is 5.69 Å². The lowest BCUT2D eigenvalue weighted by Crippen LogP contribution is -2.40. The highest BCUT2D eigenvalue weighted by Gasteiger charge is 2.26. The lowest BCUT2D eigenvalue weighted by atomic mass is 9.86. The van der Waals surface area contributed by atoms with Crippen LogP contribution in [0.25, 0.3) is 0 Å². The van der Waals surface area contributed by atoms with Crippen LogP contribution in [0.1, 0.15) is 24.3 Å². The normalized spacial score (nSPS) is 24.8. The molecule has 1 aliphatic rings. The van der Waals surface area contributed by atoms with Gasteiger partial charge < -0.3 is 15.3 Å². The monoisotopic (exact) mass is 248 g/mol. The Hall–Kier alpha value is -1.55. The van der Waals surface area contributed by atoms with Crippen molar-refractivity contribution in [1.82, 2.24) is 4.90 Å². The maximum Gasteiger partial charge on any atom is 0.142 e. The number of hydrogen-bond acceptors (Lipinski definition) is 4. The van der Waals surface area contributed by atoms with Gasteiger partial charge >= 0.3 is 0 Å². The van der Waals surface area contributed by atoms with Gasteiger partial charge in [-0.15, -0.1) is 0 Å². The van der Waals surface area contributed by atoms with Gasteiger partial charge in [0.15, 0.2) is 0 Å². The van der Waals surface area contributed by atoms with E-state index in [1.54, 1.807) is 7.11 Å². The minimum Gasteiger partial charge on any atom is -0.495 e. The van der Waals surface area contributed by atoms with Gasteiger partial charge in [0.2, 0.25) is 0 Å². The molecule has 4 heteroatoms. The Kier molecular flexibility index (Phi) is 3.87. The third kappa shape index (κ3) is 2.48. The summed E-state index contributed by atoms with van der Waals surface area (Å²) in [5, 5.41) is 0. The summed E-state index contributed by atoms with van der Waals surface area (Å²) in [6.07, 6.45) is 2.97. The maximum atomic E-state index is 11.0. The molecule has 1 aromatic rings. The summed E-state index contributed by atoms with van der Waals surface area (Å²) in [6, 6.07) is 5.93. The van der Waals surface area contributed by atoms with Crippen LogP contribution in [0.3, 0.4) is 0 Å². The number of anilines is 1. The topological polar surface area (TPSA) is 55.6 Å². The highest BCUT2D eigenvalue weighted by atomic mass is 16.5. The van der Waals surface area contributed by atoms with Gasteiger partial charge in [-0.3, -0.25) is 4.90 Å². The van der Waals surface area contributed by atoms with Crippen molar-refractivity contribution in [3.63, 3.8) is 0 Å². The molecule has 98 valence electrons. The number of nitrogen functional groups attached to an aromatic ring is 1. The third-order valence-electron chi connectivity index (χ3n) is 3.81. The molecule has 1 aliphatic heterocycles. The molecule has 0 spiro atoms. The summed E-state index contributed by atoms with van der Waals surface area (Å²) in [6.45, 7) is 0.945. The summed E-state index contributed by atoms with van der Waals surface area (Å²) in [5.41, 5.74) is 7.68. The van der Waals surface area contributed by atoms with E-state index < -0.39 is 0 Å². The molecule has 2 unspecified atom stereocenters. The fourth-order valence-corrected chi connectivity index (χ4v) is 2.56. The van der Waals surface area contributed by atoms with Crippen LogP contribution in [0.2, 0.25) is 0 Å². The fourth-order valence-electron chi connectivity index (χ4n) is 2.56. The smallest absolute Gasteiger partial charge is 0.142 e. The number of likely N-dealkylation sites (N-methyl/N-ethyl adjacent to an activating group) is 1.